The van der Waals surface area contributed by atoms with E-state index in [1.165, 1.54) is 4.90 Å². The largest absolute Gasteiger partial charge is 0.350 e. The summed E-state index contributed by atoms with van der Waals surface area (Å²) in [6.07, 6.45) is 1.58. The van der Waals surface area contributed by atoms with Gasteiger partial charge in [-0.1, -0.05) is 0 Å². The predicted octanol–water partition coefficient (Wildman–Crippen LogP) is -0.813. The Kier molecular flexibility index (Phi) is 3.96. The lowest BCUT2D eigenvalue weighted by Crippen LogP contribution is -2.54. The fourth-order valence-corrected chi connectivity index (χ4v) is 3.37. The van der Waals surface area contributed by atoms with E-state index in [4.69, 9.17) is 0 Å². The molecule has 2 aromatic rings. The lowest BCUT2D eigenvalue weighted by atomic mass is 10.2. The van der Waals surface area contributed by atoms with Crippen LogP contribution in [0.5, 0.6) is 0 Å². The summed E-state index contributed by atoms with van der Waals surface area (Å²) in [7, 11) is 0. The van der Waals surface area contributed by atoms with Gasteiger partial charge < -0.3 is 10.2 Å². The van der Waals surface area contributed by atoms with Crippen LogP contribution in [0.2, 0.25) is 0 Å². The molecule has 2 aliphatic rings. The van der Waals surface area contributed by atoms with Crippen LogP contribution in [-0.4, -0.2) is 86.9 Å². The highest BCUT2D eigenvalue weighted by molar-refractivity contribution is 5.96. The molecule has 0 radical (unpaired) electrons. The average molecular weight is 344 g/mol. The van der Waals surface area contributed by atoms with Gasteiger partial charge in [-0.25, -0.2) is 4.79 Å². The van der Waals surface area contributed by atoms with Gasteiger partial charge in [-0.2, -0.15) is 4.52 Å². The van der Waals surface area contributed by atoms with Crippen molar-refractivity contribution in [2.45, 2.75) is 13.0 Å². The zero-order valence-electron chi connectivity index (χ0n) is 14.0. The monoisotopic (exact) mass is 344 g/mol. The van der Waals surface area contributed by atoms with Crippen LogP contribution in [0.4, 0.5) is 10.6 Å². The molecule has 0 aromatic carbocycles. The van der Waals surface area contributed by atoms with E-state index < -0.39 is 0 Å². The Morgan fingerprint density at radius 3 is 2.96 bits per heavy atom. The van der Waals surface area contributed by atoms with Gasteiger partial charge in [-0.3, -0.25) is 14.6 Å². The Bertz CT molecular complexity index is 806. The van der Waals surface area contributed by atoms with Crippen LogP contribution in [0.3, 0.4) is 0 Å². The van der Waals surface area contributed by atoms with Crippen molar-refractivity contribution in [1.29, 1.82) is 0 Å². The van der Waals surface area contributed by atoms with Gasteiger partial charge in [0.2, 0.25) is 5.91 Å². The maximum absolute atomic E-state index is 12.3. The average Bonchev–Trinajstić information content (AvgIpc) is 3.22. The Hall–Kier alpha value is -2.75. The first kappa shape index (κ1) is 15.8. The van der Waals surface area contributed by atoms with Crippen molar-refractivity contribution < 1.29 is 9.59 Å². The molecule has 0 aliphatic carbocycles. The summed E-state index contributed by atoms with van der Waals surface area (Å²) >= 11 is 0. The Morgan fingerprint density at radius 1 is 1.32 bits per heavy atom. The first-order chi connectivity index (χ1) is 12.1. The first-order valence-corrected chi connectivity index (χ1v) is 8.36. The van der Waals surface area contributed by atoms with Crippen molar-refractivity contribution in [2.75, 3.05) is 44.2 Å². The third kappa shape index (κ3) is 3.00. The molecular weight excluding hydrogens is 324 g/mol. The topological polar surface area (TPSA) is 99.0 Å². The molecule has 2 saturated heterocycles. The summed E-state index contributed by atoms with van der Waals surface area (Å²) in [5, 5.41) is 15.0. The van der Waals surface area contributed by atoms with Crippen LogP contribution in [0.25, 0.3) is 5.65 Å². The van der Waals surface area contributed by atoms with Crippen LogP contribution in [-0.2, 0) is 4.79 Å². The number of anilines is 1. The number of imide groups is 1. The van der Waals surface area contributed by atoms with Gasteiger partial charge in [0.05, 0.1) is 6.54 Å². The van der Waals surface area contributed by atoms with Crippen LogP contribution in [0, 0.1) is 0 Å². The number of rotatable bonds is 3. The molecular formula is C15H20N8O2. The van der Waals surface area contributed by atoms with Crippen molar-refractivity contribution >= 4 is 23.4 Å². The summed E-state index contributed by atoms with van der Waals surface area (Å²) in [4.78, 5) is 29.5. The van der Waals surface area contributed by atoms with Gasteiger partial charge in [0.15, 0.2) is 5.65 Å². The fraction of sp³-hybridized carbons (Fsp3) is 0.533. The van der Waals surface area contributed by atoms with E-state index in [0.717, 1.165) is 25.5 Å². The van der Waals surface area contributed by atoms with Crippen LogP contribution in [0.15, 0.2) is 18.5 Å². The molecule has 4 heterocycles. The highest BCUT2D eigenvalue weighted by Gasteiger charge is 2.30. The van der Waals surface area contributed by atoms with Gasteiger partial charge in [0, 0.05) is 38.8 Å². The minimum absolute atomic E-state index is 0.139. The van der Waals surface area contributed by atoms with E-state index in [1.54, 1.807) is 10.8 Å². The zero-order chi connectivity index (χ0) is 17.4. The van der Waals surface area contributed by atoms with Gasteiger partial charge in [-0.15, -0.1) is 15.3 Å². The molecule has 4 rings (SSSR count). The van der Waals surface area contributed by atoms with E-state index >= 15 is 0 Å². The number of urea groups is 1. The smallest absolute Gasteiger partial charge is 0.324 e. The van der Waals surface area contributed by atoms with Crippen LogP contribution < -0.4 is 10.2 Å². The minimum atomic E-state index is -0.289. The maximum Gasteiger partial charge on any atom is 0.324 e. The number of hydrogen-bond donors (Lipinski definition) is 1. The standard InChI is InChI=1S/C15H20N8O2/c1-11-8-20(9-14(24)22-5-4-16-15(22)25)6-7-21(11)13-3-2-12-18-17-10-23(12)19-13/h2-3,10-11H,4-9H2,1H3,(H,16,25)/t11-/m0/s1. The Balaban J connectivity index is 1.40. The van der Waals surface area contributed by atoms with E-state index in [2.05, 4.69) is 37.3 Å². The summed E-state index contributed by atoms with van der Waals surface area (Å²) in [5.41, 5.74) is 0.713. The second-order valence-corrected chi connectivity index (χ2v) is 6.38. The van der Waals surface area contributed by atoms with Crippen molar-refractivity contribution in [3.8, 4) is 0 Å². The van der Waals surface area contributed by atoms with Gasteiger partial charge >= 0.3 is 6.03 Å². The lowest BCUT2D eigenvalue weighted by Gasteiger charge is -2.40. The van der Waals surface area contributed by atoms with Crippen molar-refractivity contribution in [2.24, 2.45) is 0 Å². The van der Waals surface area contributed by atoms with E-state index in [0.29, 0.717) is 18.7 Å². The highest BCUT2D eigenvalue weighted by atomic mass is 16.2. The minimum Gasteiger partial charge on any atom is -0.350 e. The van der Waals surface area contributed by atoms with E-state index in [1.807, 2.05) is 12.1 Å². The van der Waals surface area contributed by atoms with Crippen molar-refractivity contribution in [1.82, 2.24) is 34.9 Å². The number of aromatic nitrogens is 4. The second kappa shape index (κ2) is 6.28. The summed E-state index contributed by atoms with van der Waals surface area (Å²) in [5.74, 6) is 0.726. The number of carbonyl (C=O) groups is 2. The van der Waals surface area contributed by atoms with Gasteiger partial charge in [-0.05, 0) is 19.1 Å². The molecule has 1 atom stereocenters. The molecule has 3 amide bonds. The molecule has 10 heteroatoms. The summed E-state index contributed by atoms with van der Waals surface area (Å²) < 4.78 is 1.66. The number of piperazine rings is 1. The molecule has 25 heavy (non-hydrogen) atoms. The summed E-state index contributed by atoms with van der Waals surface area (Å²) in [6, 6.07) is 3.75. The van der Waals surface area contributed by atoms with Crippen LogP contribution in [0.1, 0.15) is 6.92 Å². The first-order valence-electron chi connectivity index (χ1n) is 8.36. The van der Waals surface area contributed by atoms with Gasteiger partial charge in [0.25, 0.3) is 0 Å². The maximum atomic E-state index is 12.3. The number of amides is 3. The third-order valence-corrected chi connectivity index (χ3v) is 4.67. The highest BCUT2D eigenvalue weighted by Crippen LogP contribution is 2.18. The molecule has 2 aliphatic heterocycles. The molecule has 2 fully saturated rings. The quantitative estimate of drug-likeness (QED) is 0.777. The normalized spacial score (nSPS) is 21.8. The molecule has 0 unspecified atom stereocenters. The van der Waals surface area contributed by atoms with Crippen molar-refractivity contribution in [3.63, 3.8) is 0 Å². The molecule has 1 N–H and O–H groups in total. The Labute approximate surface area is 144 Å². The SMILES string of the molecule is C[C@H]1CN(CC(=O)N2CCNC2=O)CCN1c1ccc2nncn2n1. The van der Waals surface area contributed by atoms with Crippen LogP contribution >= 0.6 is 0 Å². The predicted molar refractivity (Wildman–Crippen MR) is 89.1 cm³/mol. The van der Waals surface area contributed by atoms with Gasteiger partial charge in [0.1, 0.15) is 12.1 Å². The fourth-order valence-electron chi connectivity index (χ4n) is 3.37. The molecule has 0 saturated carbocycles. The molecule has 10 nitrogen and oxygen atoms in total. The molecule has 2 aromatic heterocycles. The molecule has 0 spiro atoms. The Morgan fingerprint density at radius 2 is 2.20 bits per heavy atom. The van der Waals surface area contributed by atoms with E-state index in [-0.39, 0.29) is 24.5 Å². The number of nitrogens with one attached hydrogen (secondary N) is 1. The molecule has 132 valence electrons. The number of carbonyl (C=O) groups excluding carboxylic acids is 2. The lowest BCUT2D eigenvalue weighted by molar-refractivity contribution is -0.128. The van der Waals surface area contributed by atoms with E-state index in [9.17, 15) is 9.59 Å². The van der Waals surface area contributed by atoms with Crippen molar-refractivity contribution in [3.05, 3.63) is 18.5 Å². The summed E-state index contributed by atoms with van der Waals surface area (Å²) in [6.45, 7) is 5.61. The number of fused-ring (bicyclic) bond motifs is 1. The zero-order valence-corrected chi connectivity index (χ0v) is 14.0. The second-order valence-electron chi connectivity index (χ2n) is 6.38. The third-order valence-electron chi connectivity index (χ3n) is 4.67. The number of nitrogens with zero attached hydrogens (tertiary/aromatic N) is 7. The number of hydrogen-bond acceptors (Lipinski definition) is 7. The molecule has 0 bridgehead atoms.